The highest BCUT2D eigenvalue weighted by molar-refractivity contribution is 14.0. The highest BCUT2D eigenvalue weighted by atomic mass is 127. The standard InChI is InChI=1S/C24H28N4O3.HI/c1-4-29-21-11-18-10-16(2)31-22(18)12-19(21)13-26-24(25-3)27-14-20-15-30-23(28-20)17-8-6-5-7-9-17;/h5-9,11-12,15-16H,4,10,13-14H2,1-3H3,(H2,25,26,27);1H. The molecule has 32 heavy (non-hydrogen) atoms. The van der Waals surface area contributed by atoms with Gasteiger partial charge in [0, 0.05) is 36.7 Å². The smallest absolute Gasteiger partial charge is 0.226 e. The first-order valence-corrected chi connectivity index (χ1v) is 10.6. The summed E-state index contributed by atoms with van der Waals surface area (Å²) < 4.78 is 17.4. The van der Waals surface area contributed by atoms with Crippen molar-refractivity contribution in [2.24, 2.45) is 4.99 Å². The molecular formula is C24H29IN4O3. The van der Waals surface area contributed by atoms with E-state index in [4.69, 9.17) is 13.9 Å². The van der Waals surface area contributed by atoms with E-state index >= 15 is 0 Å². The minimum atomic E-state index is 0. The van der Waals surface area contributed by atoms with Gasteiger partial charge in [0.15, 0.2) is 5.96 Å². The fourth-order valence-corrected chi connectivity index (χ4v) is 3.58. The summed E-state index contributed by atoms with van der Waals surface area (Å²) in [4.78, 5) is 8.85. The largest absolute Gasteiger partial charge is 0.494 e. The second kappa shape index (κ2) is 11.2. The molecule has 1 atom stereocenters. The summed E-state index contributed by atoms with van der Waals surface area (Å²) in [7, 11) is 1.74. The molecule has 0 spiro atoms. The summed E-state index contributed by atoms with van der Waals surface area (Å²) in [6, 6.07) is 14.0. The van der Waals surface area contributed by atoms with Crippen LogP contribution in [-0.4, -0.2) is 30.7 Å². The summed E-state index contributed by atoms with van der Waals surface area (Å²) in [6.07, 6.45) is 2.77. The van der Waals surface area contributed by atoms with Gasteiger partial charge in [0.25, 0.3) is 0 Å². The lowest BCUT2D eigenvalue weighted by molar-refractivity contribution is 0.254. The number of oxazole rings is 1. The summed E-state index contributed by atoms with van der Waals surface area (Å²) in [5.74, 6) is 3.09. The van der Waals surface area contributed by atoms with E-state index in [0.717, 1.165) is 34.7 Å². The van der Waals surface area contributed by atoms with Crippen LogP contribution in [0.2, 0.25) is 0 Å². The molecule has 3 aromatic rings. The van der Waals surface area contributed by atoms with E-state index in [-0.39, 0.29) is 30.1 Å². The Morgan fingerprint density at radius 1 is 1.19 bits per heavy atom. The van der Waals surface area contributed by atoms with Crippen LogP contribution >= 0.6 is 24.0 Å². The van der Waals surface area contributed by atoms with Crippen molar-refractivity contribution in [3.05, 3.63) is 65.5 Å². The third-order valence-electron chi connectivity index (χ3n) is 5.06. The zero-order chi connectivity index (χ0) is 21.6. The summed E-state index contributed by atoms with van der Waals surface area (Å²) >= 11 is 0. The molecule has 2 aromatic carbocycles. The minimum absolute atomic E-state index is 0. The van der Waals surface area contributed by atoms with Crippen LogP contribution in [0.3, 0.4) is 0 Å². The van der Waals surface area contributed by atoms with E-state index in [1.54, 1.807) is 13.3 Å². The average molecular weight is 548 g/mol. The fourth-order valence-electron chi connectivity index (χ4n) is 3.58. The molecule has 0 bridgehead atoms. The number of aliphatic imine (C=N–C) groups is 1. The number of guanidine groups is 1. The van der Waals surface area contributed by atoms with Crippen LogP contribution in [0, 0.1) is 0 Å². The van der Waals surface area contributed by atoms with Crippen molar-refractivity contribution in [2.75, 3.05) is 13.7 Å². The molecule has 1 unspecified atom stereocenters. The van der Waals surface area contributed by atoms with Crippen molar-refractivity contribution in [2.45, 2.75) is 39.5 Å². The van der Waals surface area contributed by atoms with Crippen LogP contribution in [-0.2, 0) is 19.5 Å². The highest BCUT2D eigenvalue weighted by Crippen LogP contribution is 2.35. The van der Waals surface area contributed by atoms with Crippen LogP contribution in [0.5, 0.6) is 11.5 Å². The Hall–Kier alpha value is -2.75. The number of rotatable bonds is 7. The lowest BCUT2D eigenvalue weighted by Gasteiger charge is -2.15. The van der Waals surface area contributed by atoms with Gasteiger partial charge in [-0.1, -0.05) is 18.2 Å². The first kappa shape index (κ1) is 23.9. The number of aromatic nitrogens is 1. The van der Waals surface area contributed by atoms with Crippen molar-refractivity contribution < 1.29 is 13.9 Å². The van der Waals surface area contributed by atoms with Crippen LogP contribution < -0.4 is 20.1 Å². The van der Waals surface area contributed by atoms with E-state index in [1.807, 2.05) is 37.3 Å². The molecule has 1 aliphatic heterocycles. The molecule has 0 radical (unpaired) electrons. The minimum Gasteiger partial charge on any atom is -0.494 e. The lowest BCUT2D eigenvalue weighted by atomic mass is 10.1. The molecular weight excluding hydrogens is 519 g/mol. The number of nitrogens with one attached hydrogen (secondary N) is 2. The summed E-state index contributed by atoms with van der Waals surface area (Å²) in [6.45, 7) is 5.75. The lowest BCUT2D eigenvalue weighted by Crippen LogP contribution is -2.36. The molecule has 0 saturated heterocycles. The predicted octanol–water partition coefficient (Wildman–Crippen LogP) is 4.55. The van der Waals surface area contributed by atoms with Gasteiger partial charge in [0.05, 0.1) is 18.8 Å². The van der Waals surface area contributed by atoms with Gasteiger partial charge in [0.2, 0.25) is 5.89 Å². The number of nitrogens with zero attached hydrogens (tertiary/aromatic N) is 2. The molecule has 170 valence electrons. The Kier molecular flexibility index (Phi) is 8.38. The van der Waals surface area contributed by atoms with Crippen LogP contribution in [0.1, 0.15) is 30.7 Å². The molecule has 0 aliphatic carbocycles. The summed E-state index contributed by atoms with van der Waals surface area (Å²) in [5, 5.41) is 6.62. The molecule has 7 nitrogen and oxygen atoms in total. The van der Waals surface area contributed by atoms with E-state index in [0.29, 0.717) is 31.5 Å². The van der Waals surface area contributed by atoms with Crippen LogP contribution in [0.4, 0.5) is 0 Å². The monoisotopic (exact) mass is 548 g/mol. The Morgan fingerprint density at radius 2 is 1.97 bits per heavy atom. The van der Waals surface area contributed by atoms with Crippen molar-refractivity contribution >= 4 is 29.9 Å². The maximum atomic E-state index is 5.91. The number of hydrogen-bond acceptors (Lipinski definition) is 5. The second-order valence-corrected chi connectivity index (χ2v) is 7.42. The fraction of sp³-hybridized carbons (Fsp3) is 0.333. The third-order valence-corrected chi connectivity index (χ3v) is 5.06. The highest BCUT2D eigenvalue weighted by Gasteiger charge is 2.22. The molecule has 0 saturated carbocycles. The first-order valence-electron chi connectivity index (χ1n) is 10.6. The number of ether oxygens (including phenoxy) is 2. The van der Waals surface area contributed by atoms with Crippen LogP contribution in [0.25, 0.3) is 11.5 Å². The van der Waals surface area contributed by atoms with Crippen molar-refractivity contribution in [1.82, 2.24) is 15.6 Å². The molecule has 4 rings (SSSR count). The van der Waals surface area contributed by atoms with Gasteiger partial charge in [-0.2, -0.15) is 0 Å². The number of halogens is 1. The van der Waals surface area contributed by atoms with Gasteiger partial charge < -0.3 is 24.5 Å². The SMILES string of the molecule is CCOc1cc2c(cc1CNC(=NC)NCc1coc(-c3ccccc3)n1)OC(C)C2.I. The van der Waals surface area contributed by atoms with Gasteiger partial charge >= 0.3 is 0 Å². The number of hydrogen-bond donors (Lipinski definition) is 2. The molecule has 8 heteroatoms. The normalized spacial score (nSPS) is 14.8. The number of fused-ring (bicyclic) bond motifs is 1. The Balaban J connectivity index is 0.00000289. The molecule has 2 heterocycles. The Bertz CT molecular complexity index is 1050. The molecule has 0 fully saturated rings. The zero-order valence-electron chi connectivity index (χ0n) is 18.6. The Morgan fingerprint density at radius 3 is 2.72 bits per heavy atom. The first-order chi connectivity index (χ1) is 15.2. The van der Waals surface area contributed by atoms with Crippen molar-refractivity contribution in [1.29, 1.82) is 0 Å². The van der Waals surface area contributed by atoms with Crippen molar-refractivity contribution in [3.8, 4) is 23.0 Å². The predicted molar refractivity (Wildman–Crippen MR) is 136 cm³/mol. The topological polar surface area (TPSA) is 80.9 Å². The van der Waals surface area contributed by atoms with E-state index in [1.165, 1.54) is 5.56 Å². The third kappa shape index (κ3) is 5.73. The second-order valence-electron chi connectivity index (χ2n) is 7.42. The zero-order valence-corrected chi connectivity index (χ0v) is 20.9. The summed E-state index contributed by atoms with van der Waals surface area (Å²) in [5.41, 5.74) is 3.98. The molecule has 0 amide bonds. The van der Waals surface area contributed by atoms with Gasteiger partial charge in [0.1, 0.15) is 23.9 Å². The van der Waals surface area contributed by atoms with E-state index < -0.39 is 0 Å². The maximum absolute atomic E-state index is 5.91. The van der Waals surface area contributed by atoms with E-state index in [9.17, 15) is 0 Å². The molecule has 1 aliphatic rings. The van der Waals surface area contributed by atoms with Gasteiger partial charge in [-0.25, -0.2) is 4.98 Å². The van der Waals surface area contributed by atoms with Crippen molar-refractivity contribution in [3.63, 3.8) is 0 Å². The van der Waals surface area contributed by atoms with E-state index in [2.05, 4.69) is 39.7 Å². The number of benzene rings is 2. The molecule has 1 aromatic heterocycles. The van der Waals surface area contributed by atoms with Gasteiger partial charge in [-0.05, 0) is 38.1 Å². The molecule has 2 N–H and O–H groups in total. The van der Waals surface area contributed by atoms with Gasteiger partial charge in [-0.3, -0.25) is 4.99 Å². The quantitative estimate of drug-likeness (QED) is 0.256. The average Bonchev–Trinajstić information content (AvgIpc) is 3.40. The van der Waals surface area contributed by atoms with Gasteiger partial charge in [-0.15, -0.1) is 24.0 Å². The van der Waals surface area contributed by atoms with Crippen LogP contribution in [0.15, 0.2) is 58.1 Å². The maximum Gasteiger partial charge on any atom is 0.226 e. The Labute approximate surface area is 205 Å².